The molecule has 0 aromatic rings. The lowest BCUT2D eigenvalue weighted by Gasteiger charge is -2.28. The molecule has 6 heteroatoms. The number of hydrogen-bond donors (Lipinski definition) is 0. The molecule has 0 aromatic heterocycles. The maximum Gasteiger partial charge on any atom is 0.306 e. The summed E-state index contributed by atoms with van der Waals surface area (Å²) in [5.74, 6) is -0.318. The Kier molecular flexibility index (Phi) is 38.5. The SMILES string of the molecule is CCCCCCCCCCCCCCCCCC(=O)OCC(C[N+](C)(C)C)OC(=O)CCCCCCCCCCCCCCCCC.[Cl-]. The first-order valence-electron chi connectivity index (χ1n) is 20.9. The van der Waals surface area contributed by atoms with Crippen LogP contribution in [0, 0.1) is 0 Å². The average molecular weight is 703 g/mol. The molecule has 0 radical (unpaired) electrons. The Bertz CT molecular complexity index is 681. The van der Waals surface area contributed by atoms with E-state index in [4.69, 9.17) is 9.47 Å². The number of esters is 2. The molecular formula is C42H84ClNO4. The Balaban J connectivity index is 0. The van der Waals surface area contributed by atoms with Gasteiger partial charge < -0.3 is 26.4 Å². The molecule has 0 bridgehead atoms. The normalized spacial score (nSPS) is 12.1. The largest absolute Gasteiger partial charge is 1.00 e. The number of halogens is 1. The van der Waals surface area contributed by atoms with Crippen LogP contribution in [0.4, 0.5) is 0 Å². The number of hydrogen-bond acceptors (Lipinski definition) is 4. The Labute approximate surface area is 306 Å². The van der Waals surface area contributed by atoms with Crippen molar-refractivity contribution in [3.05, 3.63) is 0 Å². The minimum Gasteiger partial charge on any atom is -1.00 e. The number of carbonyl (C=O) groups excluding carboxylic acids is 2. The van der Waals surface area contributed by atoms with Crippen LogP contribution in [0.3, 0.4) is 0 Å². The zero-order chi connectivity index (χ0) is 34.7. The van der Waals surface area contributed by atoms with Gasteiger partial charge in [0.05, 0.1) is 21.1 Å². The van der Waals surface area contributed by atoms with Crippen molar-refractivity contribution >= 4 is 11.9 Å². The molecule has 0 rings (SSSR count). The monoisotopic (exact) mass is 702 g/mol. The molecule has 1 atom stereocenters. The van der Waals surface area contributed by atoms with Gasteiger partial charge in [-0.2, -0.15) is 0 Å². The maximum atomic E-state index is 12.6. The van der Waals surface area contributed by atoms with Crippen molar-refractivity contribution in [3.8, 4) is 0 Å². The van der Waals surface area contributed by atoms with Gasteiger partial charge in [0.1, 0.15) is 13.2 Å². The second-order valence-electron chi connectivity index (χ2n) is 15.7. The summed E-state index contributed by atoms with van der Waals surface area (Å²) < 4.78 is 12.0. The van der Waals surface area contributed by atoms with Gasteiger partial charge in [-0.3, -0.25) is 9.59 Å². The first-order valence-corrected chi connectivity index (χ1v) is 20.9. The molecule has 0 aromatic carbocycles. The second-order valence-corrected chi connectivity index (χ2v) is 15.7. The smallest absolute Gasteiger partial charge is 0.306 e. The summed E-state index contributed by atoms with van der Waals surface area (Å²) in [6.45, 7) is 5.36. The molecule has 1 unspecified atom stereocenters. The molecule has 0 N–H and O–H groups in total. The Morgan fingerprint density at radius 2 is 0.708 bits per heavy atom. The quantitative estimate of drug-likeness (QED) is 0.0368. The van der Waals surface area contributed by atoms with Gasteiger partial charge in [0.25, 0.3) is 0 Å². The highest BCUT2D eigenvalue weighted by Gasteiger charge is 2.23. The maximum absolute atomic E-state index is 12.6. The van der Waals surface area contributed by atoms with Crippen LogP contribution in [0.15, 0.2) is 0 Å². The molecule has 0 aliphatic heterocycles. The minimum absolute atomic E-state index is 0. The van der Waals surface area contributed by atoms with Gasteiger partial charge in [-0.25, -0.2) is 0 Å². The van der Waals surface area contributed by atoms with Gasteiger partial charge in [-0.05, 0) is 12.8 Å². The van der Waals surface area contributed by atoms with Crippen LogP contribution >= 0.6 is 0 Å². The van der Waals surface area contributed by atoms with Crippen molar-refractivity contribution in [3.63, 3.8) is 0 Å². The number of rotatable bonds is 37. The van der Waals surface area contributed by atoms with Crippen molar-refractivity contribution in [2.24, 2.45) is 0 Å². The molecule has 0 aliphatic rings. The van der Waals surface area contributed by atoms with Crippen LogP contribution in [0.2, 0.25) is 0 Å². The van der Waals surface area contributed by atoms with Crippen LogP contribution in [-0.2, 0) is 19.1 Å². The van der Waals surface area contributed by atoms with Crippen LogP contribution in [0.25, 0.3) is 0 Å². The number of carbonyl (C=O) groups is 2. The Hall–Kier alpha value is -0.810. The fourth-order valence-electron chi connectivity index (χ4n) is 6.52. The average Bonchev–Trinajstić information content (AvgIpc) is 3.03. The van der Waals surface area contributed by atoms with Gasteiger partial charge in [0, 0.05) is 12.8 Å². The molecule has 0 saturated carbocycles. The highest BCUT2D eigenvalue weighted by atomic mass is 35.5. The third-order valence-electron chi connectivity index (χ3n) is 9.45. The first kappa shape index (κ1) is 49.3. The number of quaternary nitrogens is 1. The van der Waals surface area contributed by atoms with Crippen molar-refractivity contribution in [1.29, 1.82) is 0 Å². The van der Waals surface area contributed by atoms with Gasteiger partial charge in [-0.15, -0.1) is 0 Å². The van der Waals surface area contributed by atoms with Gasteiger partial charge >= 0.3 is 11.9 Å². The molecule has 48 heavy (non-hydrogen) atoms. The second kappa shape index (κ2) is 37.4. The summed E-state index contributed by atoms with van der Waals surface area (Å²) in [5, 5.41) is 0. The highest BCUT2D eigenvalue weighted by molar-refractivity contribution is 5.70. The summed E-state index contributed by atoms with van der Waals surface area (Å²) in [7, 11) is 6.23. The van der Waals surface area contributed by atoms with E-state index < -0.39 is 0 Å². The van der Waals surface area contributed by atoms with E-state index in [0.29, 0.717) is 23.9 Å². The summed E-state index contributed by atoms with van der Waals surface area (Å²) in [6, 6.07) is 0. The Morgan fingerprint density at radius 3 is 1.00 bits per heavy atom. The zero-order valence-electron chi connectivity index (χ0n) is 33.1. The summed E-state index contributed by atoms with van der Waals surface area (Å²) in [6.07, 6.45) is 39.9. The van der Waals surface area contributed by atoms with Gasteiger partial charge in [-0.1, -0.05) is 194 Å². The molecule has 0 heterocycles. The van der Waals surface area contributed by atoms with Crippen molar-refractivity contribution in [1.82, 2.24) is 0 Å². The van der Waals surface area contributed by atoms with Crippen LogP contribution < -0.4 is 12.4 Å². The number of likely N-dealkylation sites (N-methyl/N-ethyl adjacent to an activating group) is 1. The van der Waals surface area contributed by atoms with E-state index in [2.05, 4.69) is 35.0 Å². The van der Waals surface area contributed by atoms with Gasteiger partial charge in [0.15, 0.2) is 6.10 Å². The lowest BCUT2D eigenvalue weighted by atomic mass is 10.0. The molecule has 288 valence electrons. The molecule has 0 spiro atoms. The van der Waals surface area contributed by atoms with Gasteiger partial charge in [0.2, 0.25) is 0 Å². The third-order valence-corrected chi connectivity index (χ3v) is 9.45. The van der Waals surface area contributed by atoms with E-state index in [0.717, 1.165) is 25.7 Å². The van der Waals surface area contributed by atoms with E-state index in [1.807, 2.05) is 0 Å². The van der Waals surface area contributed by atoms with E-state index in [1.165, 1.54) is 167 Å². The third kappa shape index (κ3) is 39.6. The summed E-state index contributed by atoms with van der Waals surface area (Å²) in [4.78, 5) is 25.0. The Morgan fingerprint density at radius 1 is 0.438 bits per heavy atom. The predicted octanol–water partition coefficient (Wildman–Crippen LogP) is 9.67. The lowest BCUT2D eigenvalue weighted by molar-refractivity contribution is -0.873. The number of nitrogens with zero attached hydrogens (tertiary/aromatic N) is 1. The standard InChI is InChI=1S/C42H84NO4.ClH/c1-6-8-10-12-14-16-18-20-22-24-26-28-30-32-34-36-41(44)46-39-40(38-43(3,4)5)47-42(45)37-35-33-31-29-27-25-23-21-19-17-15-13-11-9-7-2;/h40H,6-39H2,1-5H3;1H/q+1;/p-1. The van der Waals surface area contributed by atoms with Crippen molar-refractivity contribution in [2.75, 3.05) is 34.3 Å². The number of unbranched alkanes of at least 4 members (excludes halogenated alkanes) is 28. The van der Waals surface area contributed by atoms with Crippen LogP contribution in [0.5, 0.6) is 0 Å². The van der Waals surface area contributed by atoms with E-state index in [9.17, 15) is 9.59 Å². The lowest BCUT2D eigenvalue weighted by Crippen LogP contribution is -3.00. The van der Waals surface area contributed by atoms with E-state index in [-0.39, 0.29) is 37.1 Å². The predicted molar refractivity (Wildman–Crippen MR) is 203 cm³/mol. The van der Waals surface area contributed by atoms with E-state index in [1.54, 1.807) is 0 Å². The molecule has 0 amide bonds. The fraction of sp³-hybridized carbons (Fsp3) is 0.952. The fourth-order valence-corrected chi connectivity index (χ4v) is 6.52. The topological polar surface area (TPSA) is 52.6 Å². The summed E-state index contributed by atoms with van der Waals surface area (Å²) >= 11 is 0. The first-order chi connectivity index (χ1) is 22.8. The molecule has 0 saturated heterocycles. The van der Waals surface area contributed by atoms with Crippen LogP contribution in [0.1, 0.15) is 219 Å². The molecule has 0 fully saturated rings. The molecule has 5 nitrogen and oxygen atoms in total. The van der Waals surface area contributed by atoms with Crippen molar-refractivity contribution < 1.29 is 36.0 Å². The van der Waals surface area contributed by atoms with Crippen LogP contribution in [-0.4, -0.2) is 56.8 Å². The molecular weight excluding hydrogens is 618 g/mol. The van der Waals surface area contributed by atoms with Crippen molar-refractivity contribution in [2.45, 2.75) is 225 Å². The zero-order valence-corrected chi connectivity index (χ0v) is 33.8. The highest BCUT2D eigenvalue weighted by Crippen LogP contribution is 2.16. The molecule has 0 aliphatic carbocycles. The summed E-state index contributed by atoms with van der Waals surface area (Å²) in [5.41, 5.74) is 0. The minimum atomic E-state index is -0.385. The van der Waals surface area contributed by atoms with E-state index >= 15 is 0 Å². The number of ether oxygens (including phenoxy) is 2.